The van der Waals surface area contributed by atoms with E-state index >= 15 is 0 Å². The molecular formula is C39H33BN2S. The molecule has 2 unspecified atom stereocenters. The summed E-state index contributed by atoms with van der Waals surface area (Å²) in [7, 11) is 0. The smallest absolute Gasteiger partial charge is 0.249 e. The molecule has 0 saturated heterocycles. The van der Waals surface area contributed by atoms with Gasteiger partial charge in [0.2, 0.25) is 6.71 Å². The maximum atomic E-state index is 3.67. The van der Waals surface area contributed by atoms with Crippen molar-refractivity contribution in [3.05, 3.63) is 115 Å². The van der Waals surface area contributed by atoms with Crippen LogP contribution in [0.2, 0.25) is 0 Å². The molecule has 0 bridgehead atoms. The molecule has 6 aromatic rings. The van der Waals surface area contributed by atoms with E-state index in [4.69, 9.17) is 0 Å². The number of fused-ring (bicyclic) bond motifs is 8. The summed E-state index contributed by atoms with van der Waals surface area (Å²) in [6.45, 7) is 5.19. The maximum Gasteiger partial charge on any atom is 0.249 e. The Balaban J connectivity index is 1.26. The zero-order chi connectivity index (χ0) is 28.9. The van der Waals surface area contributed by atoms with E-state index in [1.807, 2.05) is 11.8 Å². The summed E-state index contributed by atoms with van der Waals surface area (Å²) < 4.78 is 2.41. The number of nitrogens with zero attached hydrogens (tertiary/aromatic N) is 2. The fourth-order valence-electron chi connectivity index (χ4n) is 8.95. The van der Waals surface area contributed by atoms with Crippen molar-refractivity contribution in [1.82, 2.24) is 4.57 Å². The van der Waals surface area contributed by atoms with Gasteiger partial charge in [-0.1, -0.05) is 98.0 Å². The van der Waals surface area contributed by atoms with Crippen molar-refractivity contribution in [2.45, 2.75) is 55.4 Å². The third kappa shape index (κ3) is 3.19. The van der Waals surface area contributed by atoms with Crippen LogP contribution >= 0.6 is 11.8 Å². The van der Waals surface area contributed by atoms with Gasteiger partial charge >= 0.3 is 0 Å². The standard InChI is InChI=1S/C39H33BN2S/c1-38-24-8-9-25-39(38,2)42-34-18-11-19-35(43-3)36(34)40(31-15-10-14-30(38)37(31)42)26-20-22-27(23-21-26)41-32-16-6-4-12-28(32)29-13-5-7-17-33(29)41/h4-7,10,12-17,19-23H,8-9,24-25H2,1-3H3. The van der Waals surface area contributed by atoms with Crippen LogP contribution in [0.5, 0.6) is 0 Å². The summed E-state index contributed by atoms with van der Waals surface area (Å²) in [4.78, 5) is 4.00. The Bertz CT molecular complexity index is 2020. The number of hydrogen-bond donors (Lipinski definition) is 0. The molecule has 0 spiro atoms. The second kappa shape index (κ2) is 8.97. The number of thioether (sulfide) groups is 1. The number of benzene rings is 4. The van der Waals surface area contributed by atoms with Crippen LogP contribution in [-0.4, -0.2) is 23.1 Å². The first-order chi connectivity index (χ1) is 21.0. The molecule has 2 atom stereocenters. The van der Waals surface area contributed by atoms with E-state index in [0.29, 0.717) is 0 Å². The maximum absolute atomic E-state index is 3.67. The normalized spacial score (nSPS) is 21.9. The molecule has 1 aromatic heterocycles. The SMILES string of the molecule is CSc1cc#cc2c1B(c1ccc(-n3c4ccccc4c4ccccc43)cc1)c1cccc3c1N2C1(C)CCCCC31C. The molecule has 43 heavy (non-hydrogen) atoms. The Hall–Kier alpha value is -4.07. The molecule has 2 aliphatic heterocycles. The molecule has 3 aliphatic rings. The van der Waals surface area contributed by atoms with Crippen molar-refractivity contribution >= 4 is 68.0 Å². The average molecular weight is 573 g/mol. The Morgan fingerprint density at radius 2 is 1.49 bits per heavy atom. The predicted molar refractivity (Wildman–Crippen MR) is 184 cm³/mol. The van der Waals surface area contributed by atoms with Gasteiger partial charge in [0.05, 0.1) is 22.3 Å². The Kier molecular flexibility index (Phi) is 5.31. The largest absolute Gasteiger partial charge is 0.328 e. The van der Waals surface area contributed by atoms with Crippen LogP contribution in [0.15, 0.2) is 102 Å². The van der Waals surface area contributed by atoms with Crippen LogP contribution in [0, 0.1) is 12.1 Å². The van der Waals surface area contributed by atoms with Gasteiger partial charge in [0.25, 0.3) is 0 Å². The van der Waals surface area contributed by atoms with Gasteiger partial charge in [0, 0.05) is 38.5 Å². The highest BCUT2D eigenvalue weighted by molar-refractivity contribution is 7.98. The first-order valence-electron chi connectivity index (χ1n) is 15.6. The fourth-order valence-corrected chi connectivity index (χ4v) is 9.56. The van der Waals surface area contributed by atoms with Crippen molar-refractivity contribution in [3.63, 3.8) is 0 Å². The number of anilines is 2. The number of aromatic nitrogens is 1. The lowest BCUT2D eigenvalue weighted by Crippen LogP contribution is -2.62. The highest BCUT2D eigenvalue weighted by atomic mass is 32.2. The minimum Gasteiger partial charge on any atom is -0.328 e. The van der Waals surface area contributed by atoms with Crippen LogP contribution in [0.25, 0.3) is 27.5 Å². The van der Waals surface area contributed by atoms with E-state index < -0.39 is 0 Å². The lowest BCUT2D eigenvalue weighted by Gasteiger charge is -2.51. The van der Waals surface area contributed by atoms with Gasteiger partial charge < -0.3 is 9.47 Å². The first-order valence-corrected chi connectivity index (χ1v) is 16.8. The molecule has 4 heteroatoms. The van der Waals surface area contributed by atoms with Crippen LogP contribution in [0.4, 0.5) is 11.4 Å². The summed E-state index contributed by atoms with van der Waals surface area (Å²) in [6, 6.07) is 43.3. The number of hydrogen-bond acceptors (Lipinski definition) is 2. The van der Waals surface area contributed by atoms with Crippen molar-refractivity contribution < 1.29 is 0 Å². The highest BCUT2D eigenvalue weighted by Crippen LogP contribution is 2.60. The van der Waals surface area contributed by atoms with Gasteiger partial charge in [-0.05, 0) is 72.8 Å². The van der Waals surface area contributed by atoms with E-state index in [1.54, 1.807) is 0 Å². The predicted octanol–water partition coefficient (Wildman–Crippen LogP) is 7.68. The summed E-state index contributed by atoms with van der Waals surface area (Å²) in [5.41, 5.74) is 12.2. The summed E-state index contributed by atoms with van der Waals surface area (Å²) in [5, 5.41) is 2.59. The quantitative estimate of drug-likeness (QED) is 0.159. The molecule has 5 aromatic carbocycles. The molecule has 9 rings (SSSR count). The Morgan fingerprint density at radius 1 is 0.791 bits per heavy atom. The Labute approximate surface area is 258 Å². The van der Waals surface area contributed by atoms with E-state index in [9.17, 15) is 0 Å². The number of rotatable bonds is 3. The molecule has 0 amide bonds. The number of para-hydroxylation sites is 3. The van der Waals surface area contributed by atoms with Gasteiger partial charge in [-0.3, -0.25) is 0 Å². The molecule has 0 radical (unpaired) electrons. The molecular weight excluding hydrogens is 539 g/mol. The lowest BCUT2D eigenvalue weighted by atomic mass is 9.35. The topological polar surface area (TPSA) is 8.17 Å². The first kappa shape index (κ1) is 25.4. The molecule has 208 valence electrons. The third-order valence-corrected chi connectivity index (χ3v) is 12.0. The van der Waals surface area contributed by atoms with Crippen LogP contribution in [0.3, 0.4) is 0 Å². The van der Waals surface area contributed by atoms with E-state index in [-0.39, 0.29) is 17.7 Å². The van der Waals surface area contributed by atoms with E-state index in [0.717, 1.165) is 0 Å². The molecule has 1 fully saturated rings. The molecule has 1 aliphatic carbocycles. The van der Waals surface area contributed by atoms with E-state index in [1.165, 1.54) is 91.4 Å². The van der Waals surface area contributed by atoms with Crippen molar-refractivity contribution in [3.8, 4) is 5.69 Å². The molecule has 0 N–H and O–H groups in total. The van der Waals surface area contributed by atoms with Gasteiger partial charge in [-0.25, -0.2) is 0 Å². The lowest BCUT2D eigenvalue weighted by molar-refractivity contribution is 0.195. The van der Waals surface area contributed by atoms with Crippen LogP contribution in [0.1, 0.15) is 45.1 Å². The third-order valence-electron chi connectivity index (χ3n) is 11.2. The Morgan fingerprint density at radius 3 is 2.21 bits per heavy atom. The average Bonchev–Trinajstić information content (AvgIpc) is 3.49. The van der Waals surface area contributed by atoms with Crippen molar-refractivity contribution in [1.29, 1.82) is 0 Å². The highest BCUT2D eigenvalue weighted by Gasteiger charge is 2.60. The van der Waals surface area contributed by atoms with Crippen LogP contribution in [-0.2, 0) is 5.41 Å². The minimum atomic E-state index is 0.0329. The second-order valence-corrected chi connectivity index (χ2v) is 13.9. The van der Waals surface area contributed by atoms with E-state index in [2.05, 4.69) is 139 Å². The van der Waals surface area contributed by atoms with Gasteiger partial charge in [-0.2, -0.15) is 0 Å². The second-order valence-electron chi connectivity index (χ2n) is 13.0. The summed E-state index contributed by atoms with van der Waals surface area (Å²) >= 11 is 1.84. The van der Waals surface area contributed by atoms with Crippen LogP contribution < -0.4 is 21.3 Å². The molecule has 2 nitrogen and oxygen atoms in total. The summed E-state index contributed by atoms with van der Waals surface area (Å²) in [5.74, 6) is 0. The molecule has 3 heterocycles. The fraction of sp³-hybridized carbons (Fsp3) is 0.231. The zero-order valence-corrected chi connectivity index (χ0v) is 25.8. The zero-order valence-electron chi connectivity index (χ0n) is 24.9. The van der Waals surface area contributed by atoms with Gasteiger partial charge in [-0.15, -0.1) is 11.8 Å². The molecule has 1 saturated carbocycles. The van der Waals surface area contributed by atoms with Crippen molar-refractivity contribution in [2.75, 3.05) is 11.2 Å². The van der Waals surface area contributed by atoms with Crippen molar-refractivity contribution in [2.24, 2.45) is 0 Å². The van der Waals surface area contributed by atoms with Gasteiger partial charge in [0.1, 0.15) is 0 Å². The monoisotopic (exact) mass is 572 g/mol. The van der Waals surface area contributed by atoms with Gasteiger partial charge in [0.15, 0.2) is 0 Å². The minimum absolute atomic E-state index is 0.0329. The summed E-state index contributed by atoms with van der Waals surface area (Å²) in [6.07, 6.45) is 7.21.